The Balaban J connectivity index is 1.42. The number of rotatable bonds is 4. The van der Waals surface area contributed by atoms with Gasteiger partial charge in [-0.25, -0.2) is 9.97 Å². The van der Waals surface area contributed by atoms with Gasteiger partial charge in [-0.2, -0.15) is 0 Å². The lowest BCUT2D eigenvalue weighted by Gasteiger charge is -2.17. The van der Waals surface area contributed by atoms with E-state index in [0.717, 1.165) is 12.1 Å². The van der Waals surface area contributed by atoms with E-state index in [1.54, 1.807) is 23.1 Å². The number of para-hydroxylation sites is 1. The molecule has 0 spiro atoms. The summed E-state index contributed by atoms with van der Waals surface area (Å²) in [7, 11) is 0. The number of amides is 1. The number of benzene rings is 1. The second-order valence-electron chi connectivity index (χ2n) is 6.68. The van der Waals surface area contributed by atoms with Gasteiger partial charge in [0.05, 0.1) is 23.8 Å². The molecule has 4 rings (SSSR count). The van der Waals surface area contributed by atoms with Crippen LogP contribution in [0.3, 0.4) is 0 Å². The van der Waals surface area contributed by atoms with Crippen LogP contribution in [-0.4, -0.2) is 44.5 Å². The van der Waals surface area contributed by atoms with Crippen LogP contribution < -0.4 is 10.3 Å². The topological polar surface area (TPSA) is 77.3 Å². The van der Waals surface area contributed by atoms with E-state index in [2.05, 4.69) is 9.97 Å². The molecule has 2 aromatic heterocycles. The number of aromatic nitrogens is 3. The smallest absolute Gasteiger partial charge is 0.261 e. The van der Waals surface area contributed by atoms with Crippen molar-refractivity contribution >= 4 is 16.8 Å². The Hall–Kier alpha value is -3.22. The summed E-state index contributed by atoms with van der Waals surface area (Å²) in [6.45, 7) is 2.98. The first-order valence-corrected chi connectivity index (χ1v) is 8.92. The Morgan fingerprint density at radius 3 is 2.93 bits per heavy atom. The van der Waals surface area contributed by atoms with Gasteiger partial charge in [0.2, 0.25) is 11.8 Å². The van der Waals surface area contributed by atoms with Crippen LogP contribution in [-0.2, 0) is 11.3 Å². The van der Waals surface area contributed by atoms with Gasteiger partial charge in [0, 0.05) is 24.7 Å². The standard InChI is InChI=1S/C20H20N4O3/c1-14-5-4-8-18(22-14)27-15-9-10-23(11-15)19(25)12-24-13-21-17-7-3-2-6-16(17)20(24)26/h2-8,13,15H,9-12H2,1H3/t15-/m0/s1. The number of fused-ring (bicyclic) bond motifs is 1. The van der Waals surface area contributed by atoms with E-state index in [1.807, 2.05) is 31.2 Å². The zero-order valence-electron chi connectivity index (χ0n) is 15.0. The van der Waals surface area contributed by atoms with Crippen molar-refractivity contribution < 1.29 is 9.53 Å². The predicted octanol–water partition coefficient (Wildman–Crippen LogP) is 1.78. The number of pyridine rings is 1. The molecule has 0 saturated carbocycles. The van der Waals surface area contributed by atoms with Gasteiger partial charge in [-0.1, -0.05) is 18.2 Å². The van der Waals surface area contributed by atoms with Gasteiger partial charge in [-0.05, 0) is 25.1 Å². The SMILES string of the molecule is Cc1cccc(O[C@H]2CCN(C(=O)Cn3cnc4ccccc4c3=O)C2)n1. The summed E-state index contributed by atoms with van der Waals surface area (Å²) in [5, 5.41) is 0.515. The Morgan fingerprint density at radius 2 is 2.07 bits per heavy atom. The summed E-state index contributed by atoms with van der Waals surface area (Å²) >= 11 is 0. The molecule has 138 valence electrons. The molecular formula is C20H20N4O3. The van der Waals surface area contributed by atoms with E-state index in [0.29, 0.717) is 29.9 Å². The number of ether oxygens (including phenoxy) is 1. The van der Waals surface area contributed by atoms with Gasteiger partial charge >= 0.3 is 0 Å². The van der Waals surface area contributed by atoms with Crippen molar-refractivity contribution in [3.63, 3.8) is 0 Å². The first-order valence-electron chi connectivity index (χ1n) is 8.92. The maximum atomic E-state index is 12.6. The van der Waals surface area contributed by atoms with Gasteiger partial charge in [0.15, 0.2) is 0 Å². The molecule has 1 saturated heterocycles. The number of likely N-dealkylation sites (tertiary alicyclic amines) is 1. The van der Waals surface area contributed by atoms with Crippen LogP contribution >= 0.6 is 0 Å². The Labute approximate surface area is 156 Å². The molecule has 1 fully saturated rings. The summed E-state index contributed by atoms with van der Waals surface area (Å²) in [5.74, 6) is 0.460. The fourth-order valence-electron chi connectivity index (χ4n) is 3.27. The zero-order valence-corrected chi connectivity index (χ0v) is 15.0. The molecule has 0 unspecified atom stereocenters. The van der Waals surface area contributed by atoms with Crippen LogP contribution in [0.25, 0.3) is 10.9 Å². The highest BCUT2D eigenvalue weighted by molar-refractivity contribution is 5.79. The highest BCUT2D eigenvalue weighted by atomic mass is 16.5. The second-order valence-corrected chi connectivity index (χ2v) is 6.68. The number of hydrogen-bond donors (Lipinski definition) is 0. The molecule has 1 aliphatic rings. The van der Waals surface area contributed by atoms with Crippen LogP contribution in [0, 0.1) is 6.92 Å². The quantitative estimate of drug-likeness (QED) is 0.705. The Morgan fingerprint density at radius 1 is 1.22 bits per heavy atom. The molecular weight excluding hydrogens is 344 g/mol. The van der Waals surface area contributed by atoms with Crippen molar-refractivity contribution in [3.8, 4) is 5.88 Å². The third kappa shape index (κ3) is 3.67. The predicted molar refractivity (Wildman–Crippen MR) is 101 cm³/mol. The minimum Gasteiger partial charge on any atom is -0.472 e. The normalized spacial score (nSPS) is 16.6. The maximum Gasteiger partial charge on any atom is 0.261 e. The molecule has 3 aromatic rings. The summed E-state index contributed by atoms with van der Waals surface area (Å²) in [6.07, 6.45) is 2.09. The highest BCUT2D eigenvalue weighted by Crippen LogP contribution is 2.17. The zero-order chi connectivity index (χ0) is 18.8. The molecule has 3 heterocycles. The van der Waals surface area contributed by atoms with Crippen molar-refractivity contribution in [3.05, 3.63) is 64.8 Å². The Bertz CT molecular complexity index is 1050. The van der Waals surface area contributed by atoms with Crippen molar-refractivity contribution in [2.45, 2.75) is 26.0 Å². The monoisotopic (exact) mass is 364 g/mol. The summed E-state index contributed by atoms with van der Waals surface area (Å²) in [4.78, 5) is 35.5. The lowest BCUT2D eigenvalue weighted by Crippen LogP contribution is -2.36. The first-order chi connectivity index (χ1) is 13.1. The van der Waals surface area contributed by atoms with Gasteiger partial charge in [-0.15, -0.1) is 0 Å². The van der Waals surface area contributed by atoms with E-state index >= 15 is 0 Å². The summed E-state index contributed by atoms with van der Waals surface area (Å²) in [6, 6.07) is 12.8. The van der Waals surface area contributed by atoms with Crippen molar-refractivity contribution in [1.29, 1.82) is 0 Å². The molecule has 7 nitrogen and oxygen atoms in total. The molecule has 0 aliphatic carbocycles. The first kappa shape index (κ1) is 17.2. The fraction of sp³-hybridized carbons (Fsp3) is 0.300. The van der Waals surface area contributed by atoms with Crippen LogP contribution in [0.4, 0.5) is 0 Å². The number of aryl methyl sites for hydroxylation is 1. The number of hydrogen-bond acceptors (Lipinski definition) is 5. The lowest BCUT2D eigenvalue weighted by molar-refractivity contribution is -0.131. The van der Waals surface area contributed by atoms with Crippen molar-refractivity contribution in [1.82, 2.24) is 19.4 Å². The Kier molecular flexibility index (Phi) is 4.58. The largest absolute Gasteiger partial charge is 0.472 e. The summed E-state index contributed by atoms with van der Waals surface area (Å²) < 4.78 is 7.24. The van der Waals surface area contributed by atoms with Crippen LogP contribution in [0.1, 0.15) is 12.1 Å². The molecule has 1 aromatic carbocycles. The molecule has 0 N–H and O–H groups in total. The van der Waals surface area contributed by atoms with E-state index in [1.165, 1.54) is 10.9 Å². The minimum absolute atomic E-state index is 0.0217. The van der Waals surface area contributed by atoms with E-state index in [9.17, 15) is 9.59 Å². The second kappa shape index (κ2) is 7.19. The van der Waals surface area contributed by atoms with Gasteiger partial charge < -0.3 is 9.64 Å². The van der Waals surface area contributed by atoms with Crippen LogP contribution in [0.5, 0.6) is 5.88 Å². The third-order valence-corrected chi connectivity index (χ3v) is 4.69. The molecule has 1 atom stereocenters. The fourth-order valence-corrected chi connectivity index (χ4v) is 3.27. The average molecular weight is 364 g/mol. The van der Waals surface area contributed by atoms with Gasteiger partial charge in [0.25, 0.3) is 5.56 Å². The van der Waals surface area contributed by atoms with Crippen LogP contribution in [0.2, 0.25) is 0 Å². The summed E-state index contributed by atoms with van der Waals surface area (Å²) in [5.41, 5.74) is 1.32. The minimum atomic E-state index is -0.204. The molecule has 1 aliphatic heterocycles. The van der Waals surface area contributed by atoms with E-state index in [-0.39, 0.29) is 24.1 Å². The van der Waals surface area contributed by atoms with Gasteiger partial charge in [0.1, 0.15) is 12.6 Å². The molecule has 0 bridgehead atoms. The average Bonchev–Trinajstić information content (AvgIpc) is 3.13. The van der Waals surface area contributed by atoms with E-state index < -0.39 is 0 Å². The molecule has 1 amide bonds. The van der Waals surface area contributed by atoms with Crippen molar-refractivity contribution in [2.75, 3.05) is 13.1 Å². The molecule has 0 radical (unpaired) electrons. The number of carbonyl (C=O) groups is 1. The van der Waals surface area contributed by atoms with Gasteiger partial charge in [-0.3, -0.25) is 14.2 Å². The van der Waals surface area contributed by atoms with Crippen molar-refractivity contribution in [2.24, 2.45) is 0 Å². The highest BCUT2D eigenvalue weighted by Gasteiger charge is 2.28. The molecule has 7 heteroatoms. The lowest BCUT2D eigenvalue weighted by atomic mass is 10.2. The number of nitrogens with zero attached hydrogens (tertiary/aromatic N) is 4. The van der Waals surface area contributed by atoms with E-state index in [4.69, 9.17) is 4.74 Å². The molecule has 27 heavy (non-hydrogen) atoms. The third-order valence-electron chi connectivity index (χ3n) is 4.69. The number of carbonyl (C=O) groups excluding carboxylic acids is 1. The van der Waals surface area contributed by atoms with Crippen LogP contribution in [0.15, 0.2) is 53.6 Å². The maximum absolute atomic E-state index is 12.6.